The number of hydrogen-bond acceptors (Lipinski definition) is 8. The van der Waals surface area contributed by atoms with Gasteiger partial charge in [0.15, 0.2) is 0 Å². The summed E-state index contributed by atoms with van der Waals surface area (Å²) >= 11 is 0. The Hall–Kier alpha value is -3.75. The van der Waals surface area contributed by atoms with Crippen LogP contribution in [0.25, 0.3) is 0 Å². The van der Waals surface area contributed by atoms with Crippen LogP contribution in [0, 0.1) is 0 Å². The standard InChI is InChI=1S/C16H26N6O9/c1-6(16(30)31)20-14(28)8(2-3-10(18)23)21-15(29)9(5-12(25)26)22-13(27)7(17)4-11(19)24/h6-9H,2-5,17H2,1H3,(H2,18,23)(H2,19,24)(H,20,28)(H,21,29)(H,22,27)(H,25,26)(H,30,31). The van der Waals surface area contributed by atoms with Gasteiger partial charge in [-0.05, 0) is 13.3 Å². The molecule has 0 saturated heterocycles. The molecule has 0 radical (unpaired) electrons. The van der Waals surface area contributed by atoms with Gasteiger partial charge in [-0.3, -0.25) is 33.6 Å². The number of carboxylic acid groups (broad SMARTS) is 2. The molecule has 0 aliphatic rings. The van der Waals surface area contributed by atoms with Crippen molar-refractivity contribution in [3.63, 3.8) is 0 Å². The fourth-order valence-corrected chi connectivity index (χ4v) is 2.18. The van der Waals surface area contributed by atoms with Gasteiger partial charge in [0.2, 0.25) is 29.5 Å². The van der Waals surface area contributed by atoms with E-state index in [4.69, 9.17) is 27.4 Å². The Morgan fingerprint density at radius 2 is 1.29 bits per heavy atom. The van der Waals surface area contributed by atoms with Gasteiger partial charge in [-0.15, -0.1) is 0 Å². The molecule has 0 aliphatic heterocycles. The summed E-state index contributed by atoms with van der Waals surface area (Å²) in [4.78, 5) is 80.6. The van der Waals surface area contributed by atoms with Crippen LogP contribution in [0.3, 0.4) is 0 Å². The summed E-state index contributed by atoms with van der Waals surface area (Å²) in [7, 11) is 0. The number of amides is 5. The predicted octanol–water partition coefficient (Wildman–Crippen LogP) is -4.51. The molecule has 0 spiro atoms. The number of carbonyl (C=O) groups is 7. The Morgan fingerprint density at radius 3 is 1.74 bits per heavy atom. The van der Waals surface area contributed by atoms with Crippen molar-refractivity contribution in [2.45, 2.75) is 56.8 Å². The van der Waals surface area contributed by atoms with Gasteiger partial charge in [0.25, 0.3) is 0 Å². The lowest BCUT2D eigenvalue weighted by molar-refractivity contribution is -0.143. The van der Waals surface area contributed by atoms with Gasteiger partial charge in [0.05, 0.1) is 18.9 Å². The second kappa shape index (κ2) is 12.7. The monoisotopic (exact) mass is 446 g/mol. The number of carboxylic acids is 2. The second-order valence-corrected chi connectivity index (χ2v) is 6.57. The van der Waals surface area contributed by atoms with Gasteiger partial charge in [-0.1, -0.05) is 0 Å². The topological polar surface area (TPSA) is 274 Å². The van der Waals surface area contributed by atoms with E-state index in [0.29, 0.717) is 0 Å². The summed E-state index contributed by atoms with van der Waals surface area (Å²) in [6.07, 6.45) is -2.16. The van der Waals surface area contributed by atoms with Crippen molar-refractivity contribution in [2.24, 2.45) is 17.2 Å². The summed E-state index contributed by atoms with van der Waals surface area (Å²) in [6, 6.07) is -5.95. The summed E-state index contributed by atoms with van der Waals surface area (Å²) in [5, 5.41) is 24.1. The minimum absolute atomic E-state index is 0.325. The highest BCUT2D eigenvalue weighted by molar-refractivity contribution is 5.96. The van der Waals surface area contributed by atoms with Crippen LogP contribution in [-0.2, 0) is 33.6 Å². The third-order valence-corrected chi connectivity index (χ3v) is 3.81. The summed E-state index contributed by atoms with van der Waals surface area (Å²) < 4.78 is 0. The lowest BCUT2D eigenvalue weighted by Gasteiger charge is -2.23. The van der Waals surface area contributed by atoms with Gasteiger partial charge >= 0.3 is 11.9 Å². The van der Waals surface area contributed by atoms with Crippen molar-refractivity contribution in [3.8, 4) is 0 Å². The first kappa shape index (κ1) is 27.2. The maximum atomic E-state index is 12.5. The number of nitrogens with one attached hydrogen (secondary N) is 3. The van der Waals surface area contributed by atoms with E-state index in [1.165, 1.54) is 0 Å². The van der Waals surface area contributed by atoms with Crippen LogP contribution in [0.4, 0.5) is 0 Å². The predicted molar refractivity (Wildman–Crippen MR) is 102 cm³/mol. The van der Waals surface area contributed by atoms with Crippen LogP contribution in [0.5, 0.6) is 0 Å². The van der Waals surface area contributed by atoms with Gasteiger partial charge in [0.1, 0.15) is 18.1 Å². The number of rotatable bonds is 14. The van der Waals surface area contributed by atoms with Crippen molar-refractivity contribution < 1.29 is 43.8 Å². The van der Waals surface area contributed by atoms with Crippen LogP contribution in [-0.4, -0.2) is 75.9 Å². The molecule has 5 amide bonds. The van der Waals surface area contributed by atoms with Gasteiger partial charge in [-0.2, -0.15) is 0 Å². The molecule has 0 fully saturated rings. The average molecular weight is 446 g/mol. The largest absolute Gasteiger partial charge is 0.481 e. The van der Waals surface area contributed by atoms with Crippen LogP contribution in [0.15, 0.2) is 0 Å². The molecule has 0 aromatic carbocycles. The fraction of sp³-hybridized carbons (Fsp3) is 0.562. The summed E-state index contributed by atoms with van der Waals surface area (Å²) in [6.45, 7) is 1.15. The molecule has 15 nitrogen and oxygen atoms in total. The van der Waals surface area contributed by atoms with Crippen molar-refractivity contribution >= 4 is 41.5 Å². The molecule has 11 N–H and O–H groups in total. The van der Waals surface area contributed by atoms with E-state index < -0.39 is 78.5 Å². The Bertz CT molecular complexity index is 741. The van der Waals surface area contributed by atoms with E-state index in [9.17, 15) is 33.6 Å². The molecule has 0 rings (SSSR count). The molecular formula is C16H26N6O9. The Morgan fingerprint density at radius 1 is 0.774 bits per heavy atom. The van der Waals surface area contributed by atoms with E-state index in [0.717, 1.165) is 6.92 Å². The maximum absolute atomic E-state index is 12.5. The minimum atomic E-state index is -1.70. The van der Waals surface area contributed by atoms with Crippen LogP contribution in [0.1, 0.15) is 32.6 Å². The molecule has 0 bridgehead atoms. The smallest absolute Gasteiger partial charge is 0.325 e. The Kier molecular flexibility index (Phi) is 11.2. The van der Waals surface area contributed by atoms with Crippen molar-refractivity contribution in [3.05, 3.63) is 0 Å². The normalized spacial score (nSPS) is 14.3. The van der Waals surface area contributed by atoms with Gasteiger partial charge < -0.3 is 43.4 Å². The molecule has 0 aliphatic carbocycles. The number of carbonyl (C=O) groups excluding carboxylic acids is 5. The van der Waals surface area contributed by atoms with Crippen molar-refractivity contribution in [1.82, 2.24) is 16.0 Å². The Balaban J connectivity index is 5.44. The zero-order valence-electron chi connectivity index (χ0n) is 16.6. The lowest BCUT2D eigenvalue weighted by Crippen LogP contribution is -2.57. The molecule has 31 heavy (non-hydrogen) atoms. The van der Waals surface area contributed by atoms with E-state index in [1.54, 1.807) is 0 Å². The fourth-order valence-electron chi connectivity index (χ4n) is 2.18. The van der Waals surface area contributed by atoms with Crippen LogP contribution in [0.2, 0.25) is 0 Å². The third-order valence-electron chi connectivity index (χ3n) is 3.81. The second-order valence-electron chi connectivity index (χ2n) is 6.57. The van der Waals surface area contributed by atoms with Crippen LogP contribution < -0.4 is 33.2 Å². The molecule has 0 aromatic rings. The zero-order chi connectivity index (χ0) is 24.3. The number of nitrogens with two attached hydrogens (primary N) is 3. The van der Waals surface area contributed by atoms with Crippen molar-refractivity contribution in [1.29, 1.82) is 0 Å². The van der Waals surface area contributed by atoms with Gasteiger partial charge in [-0.25, -0.2) is 0 Å². The average Bonchev–Trinajstić information content (AvgIpc) is 2.62. The highest BCUT2D eigenvalue weighted by Crippen LogP contribution is 2.03. The molecule has 4 unspecified atom stereocenters. The highest BCUT2D eigenvalue weighted by Gasteiger charge is 2.31. The van der Waals surface area contributed by atoms with Crippen LogP contribution >= 0.6 is 0 Å². The first-order valence-corrected chi connectivity index (χ1v) is 8.92. The number of primary amides is 2. The Labute approximate surface area is 176 Å². The SMILES string of the molecule is CC(NC(=O)C(CCC(N)=O)NC(=O)C(CC(=O)O)NC(=O)C(N)CC(N)=O)C(=O)O. The molecule has 0 heterocycles. The third kappa shape index (κ3) is 11.1. The lowest BCUT2D eigenvalue weighted by atomic mass is 10.1. The summed E-state index contributed by atoms with van der Waals surface area (Å²) in [5.41, 5.74) is 15.4. The van der Waals surface area contributed by atoms with E-state index in [1.807, 2.05) is 5.32 Å². The molecule has 15 heteroatoms. The first-order chi connectivity index (χ1) is 14.2. The number of aliphatic carboxylic acids is 2. The summed E-state index contributed by atoms with van der Waals surface area (Å²) in [5.74, 6) is -7.72. The number of hydrogen-bond donors (Lipinski definition) is 8. The first-order valence-electron chi connectivity index (χ1n) is 8.92. The van der Waals surface area contributed by atoms with E-state index >= 15 is 0 Å². The quantitative estimate of drug-likeness (QED) is 0.126. The molecule has 174 valence electrons. The minimum Gasteiger partial charge on any atom is -0.481 e. The molecule has 0 aromatic heterocycles. The van der Waals surface area contributed by atoms with E-state index in [-0.39, 0.29) is 12.8 Å². The van der Waals surface area contributed by atoms with Crippen molar-refractivity contribution in [2.75, 3.05) is 0 Å². The molecule has 0 saturated carbocycles. The zero-order valence-corrected chi connectivity index (χ0v) is 16.6. The maximum Gasteiger partial charge on any atom is 0.325 e. The van der Waals surface area contributed by atoms with E-state index in [2.05, 4.69) is 10.6 Å². The molecular weight excluding hydrogens is 420 g/mol. The van der Waals surface area contributed by atoms with Gasteiger partial charge in [0, 0.05) is 6.42 Å². The highest BCUT2D eigenvalue weighted by atomic mass is 16.4. The molecule has 4 atom stereocenters.